The number of carboxylic acids is 1. The molecule has 2 atom stereocenters. The molecule has 2 N–H and O–H groups in total. The Kier molecular flexibility index (Phi) is 6.32. The molecule has 0 radical (unpaired) electrons. The number of nitrogens with zero attached hydrogens (tertiary/aromatic N) is 1. The Labute approximate surface area is 126 Å². The zero-order valence-corrected chi connectivity index (χ0v) is 13.3. The molecule has 7 heteroatoms. The van der Waals surface area contributed by atoms with Gasteiger partial charge in [-0.25, -0.2) is 0 Å². The van der Waals surface area contributed by atoms with E-state index in [2.05, 4.69) is 4.72 Å². The molecular weight excluding hydrogens is 292 g/mol. The molecule has 21 heavy (non-hydrogen) atoms. The summed E-state index contributed by atoms with van der Waals surface area (Å²) in [5.41, 5.74) is 0.834. The van der Waals surface area contributed by atoms with Gasteiger partial charge in [-0.3, -0.25) is 4.79 Å². The second-order valence-electron chi connectivity index (χ2n) is 5.07. The Hall–Kier alpha value is -1.44. The van der Waals surface area contributed by atoms with Crippen LogP contribution in [0.25, 0.3) is 0 Å². The van der Waals surface area contributed by atoms with Gasteiger partial charge in [0.1, 0.15) is 6.04 Å². The van der Waals surface area contributed by atoms with Crippen molar-refractivity contribution in [3.05, 3.63) is 35.9 Å². The summed E-state index contributed by atoms with van der Waals surface area (Å²) in [5.74, 6) is -1.46. The first kappa shape index (κ1) is 17.6. The van der Waals surface area contributed by atoms with Crippen LogP contribution in [0.2, 0.25) is 0 Å². The minimum Gasteiger partial charge on any atom is -0.480 e. The highest BCUT2D eigenvalue weighted by Gasteiger charge is 2.30. The standard InChI is InChI=1S/C14H22N2O4S/c1-4-11(2)13(14(17)18)15-21(19,20)16(3)10-12-8-6-5-7-9-12/h5-9,11,13,15H,4,10H2,1-3H3,(H,17,18)/t11?,13-/m0/s1. The lowest BCUT2D eigenvalue weighted by Crippen LogP contribution is -2.49. The van der Waals surface area contributed by atoms with E-state index in [0.717, 1.165) is 9.87 Å². The molecule has 0 heterocycles. The summed E-state index contributed by atoms with van der Waals surface area (Å²) in [4.78, 5) is 11.2. The van der Waals surface area contributed by atoms with Crippen molar-refractivity contribution in [2.75, 3.05) is 7.05 Å². The third-order valence-corrected chi connectivity index (χ3v) is 4.91. The second kappa shape index (κ2) is 7.53. The van der Waals surface area contributed by atoms with Gasteiger partial charge >= 0.3 is 5.97 Å². The molecule has 118 valence electrons. The lowest BCUT2D eigenvalue weighted by Gasteiger charge is -2.24. The molecular formula is C14H22N2O4S. The third-order valence-electron chi connectivity index (χ3n) is 3.41. The quantitative estimate of drug-likeness (QED) is 0.760. The Bertz CT molecular complexity index is 560. The molecule has 6 nitrogen and oxygen atoms in total. The molecule has 0 saturated carbocycles. The van der Waals surface area contributed by atoms with Crippen molar-refractivity contribution in [1.82, 2.24) is 9.03 Å². The summed E-state index contributed by atoms with van der Waals surface area (Å²) in [5, 5.41) is 9.16. The van der Waals surface area contributed by atoms with E-state index >= 15 is 0 Å². The fourth-order valence-electron chi connectivity index (χ4n) is 1.82. The second-order valence-corrected chi connectivity index (χ2v) is 6.88. The number of hydrogen-bond acceptors (Lipinski definition) is 3. The topological polar surface area (TPSA) is 86.7 Å². The predicted octanol–water partition coefficient (Wildman–Crippen LogP) is 1.45. The van der Waals surface area contributed by atoms with E-state index < -0.39 is 22.2 Å². The molecule has 0 aliphatic carbocycles. The molecule has 0 aliphatic rings. The molecule has 0 bridgehead atoms. The van der Waals surface area contributed by atoms with Crippen LogP contribution in [0.1, 0.15) is 25.8 Å². The summed E-state index contributed by atoms with van der Waals surface area (Å²) in [6.07, 6.45) is 0.571. The molecule has 1 aromatic carbocycles. The minimum atomic E-state index is -3.86. The van der Waals surface area contributed by atoms with Crippen LogP contribution in [0.15, 0.2) is 30.3 Å². The number of hydrogen-bond donors (Lipinski definition) is 2. The average Bonchev–Trinajstić information content (AvgIpc) is 2.44. The molecule has 0 aliphatic heterocycles. The van der Waals surface area contributed by atoms with Crippen molar-refractivity contribution in [3.8, 4) is 0 Å². The number of rotatable bonds is 8. The number of carboxylic acid groups (broad SMARTS) is 1. The van der Waals surface area contributed by atoms with Crippen LogP contribution in [-0.2, 0) is 21.5 Å². The molecule has 1 rings (SSSR count). The Morgan fingerprint density at radius 1 is 1.33 bits per heavy atom. The van der Waals surface area contributed by atoms with E-state index in [0.29, 0.717) is 6.42 Å². The van der Waals surface area contributed by atoms with E-state index in [1.165, 1.54) is 7.05 Å². The van der Waals surface area contributed by atoms with Crippen molar-refractivity contribution < 1.29 is 18.3 Å². The summed E-state index contributed by atoms with van der Waals surface area (Å²) in [7, 11) is -2.43. The van der Waals surface area contributed by atoms with Gasteiger partial charge in [-0.2, -0.15) is 17.4 Å². The molecule has 0 aromatic heterocycles. The van der Waals surface area contributed by atoms with Crippen molar-refractivity contribution in [1.29, 1.82) is 0 Å². The van der Waals surface area contributed by atoms with Crippen molar-refractivity contribution in [3.63, 3.8) is 0 Å². The molecule has 0 spiro atoms. The van der Waals surface area contributed by atoms with Gasteiger partial charge in [0.15, 0.2) is 0 Å². The average molecular weight is 314 g/mol. The fraction of sp³-hybridized carbons (Fsp3) is 0.500. The highest BCUT2D eigenvalue weighted by Crippen LogP contribution is 2.12. The largest absolute Gasteiger partial charge is 0.480 e. The van der Waals surface area contributed by atoms with Crippen molar-refractivity contribution in [2.45, 2.75) is 32.9 Å². The molecule has 0 amide bonds. The predicted molar refractivity (Wildman–Crippen MR) is 80.8 cm³/mol. The van der Waals surface area contributed by atoms with Crippen molar-refractivity contribution >= 4 is 16.2 Å². The molecule has 0 fully saturated rings. The number of benzene rings is 1. The lowest BCUT2D eigenvalue weighted by molar-refractivity contribution is -0.140. The number of aliphatic carboxylic acids is 1. The van der Waals surface area contributed by atoms with Crippen LogP contribution in [0.5, 0.6) is 0 Å². The maximum atomic E-state index is 12.2. The van der Waals surface area contributed by atoms with Gasteiger partial charge in [0, 0.05) is 13.6 Å². The number of nitrogens with one attached hydrogen (secondary N) is 1. The van der Waals surface area contributed by atoms with Crippen LogP contribution in [-0.4, -0.2) is 36.9 Å². The van der Waals surface area contributed by atoms with Gasteiger partial charge in [-0.1, -0.05) is 50.6 Å². The zero-order valence-electron chi connectivity index (χ0n) is 12.5. The van der Waals surface area contributed by atoms with Gasteiger partial charge in [0.25, 0.3) is 10.2 Å². The van der Waals surface area contributed by atoms with Crippen LogP contribution < -0.4 is 4.72 Å². The van der Waals surface area contributed by atoms with Gasteiger partial charge in [0.05, 0.1) is 0 Å². The smallest absolute Gasteiger partial charge is 0.322 e. The van der Waals surface area contributed by atoms with Gasteiger partial charge in [0.2, 0.25) is 0 Å². The van der Waals surface area contributed by atoms with E-state index in [4.69, 9.17) is 5.11 Å². The summed E-state index contributed by atoms with van der Waals surface area (Å²) in [6.45, 7) is 3.71. The maximum Gasteiger partial charge on any atom is 0.322 e. The van der Waals surface area contributed by atoms with E-state index in [-0.39, 0.29) is 12.5 Å². The van der Waals surface area contributed by atoms with Crippen LogP contribution >= 0.6 is 0 Å². The first-order chi connectivity index (χ1) is 9.77. The highest BCUT2D eigenvalue weighted by atomic mass is 32.2. The van der Waals surface area contributed by atoms with Gasteiger partial charge in [-0.05, 0) is 11.5 Å². The van der Waals surface area contributed by atoms with E-state index in [1.54, 1.807) is 6.92 Å². The molecule has 0 saturated heterocycles. The summed E-state index contributed by atoms with van der Waals surface area (Å²) in [6, 6.07) is 7.99. The monoisotopic (exact) mass is 314 g/mol. The van der Waals surface area contributed by atoms with Crippen molar-refractivity contribution in [2.24, 2.45) is 5.92 Å². The normalized spacial score (nSPS) is 14.9. The fourth-order valence-corrected chi connectivity index (χ4v) is 2.97. The maximum absolute atomic E-state index is 12.2. The van der Waals surface area contributed by atoms with E-state index in [1.807, 2.05) is 37.3 Å². The lowest BCUT2D eigenvalue weighted by atomic mass is 10.0. The SMILES string of the molecule is CCC(C)[C@H](NS(=O)(=O)N(C)Cc1ccccc1)C(=O)O. The Morgan fingerprint density at radius 3 is 2.38 bits per heavy atom. The summed E-state index contributed by atoms with van der Waals surface area (Å²) < 4.78 is 27.8. The van der Waals surface area contributed by atoms with Gasteiger partial charge < -0.3 is 5.11 Å². The highest BCUT2D eigenvalue weighted by molar-refractivity contribution is 7.87. The Balaban J connectivity index is 2.82. The van der Waals surface area contributed by atoms with Crippen LogP contribution in [0, 0.1) is 5.92 Å². The first-order valence-electron chi connectivity index (χ1n) is 6.78. The third kappa shape index (κ3) is 5.11. The minimum absolute atomic E-state index is 0.184. The van der Waals surface area contributed by atoms with Crippen LogP contribution in [0.3, 0.4) is 0 Å². The number of carbonyl (C=O) groups is 1. The molecule has 1 unspecified atom stereocenters. The molecule has 1 aromatic rings. The van der Waals surface area contributed by atoms with E-state index in [9.17, 15) is 13.2 Å². The summed E-state index contributed by atoms with van der Waals surface area (Å²) >= 11 is 0. The van der Waals surface area contributed by atoms with Gasteiger partial charge in [-0.15, -0.1) is 0 Å². The Morgan fingerprint density at radius 2 is 1.90 bits per heavy atom. The first-order valence-corrected chi connectivity index (χ1v) is 8.22. The zero-order chi connectivity index (χ0) is 16.0. The van der Waals surface area contributed by atoms with Crippen LogP contribution in [0.4, 0.5) is 0 Å².